The zero-order valence-corrected chi connectivity index (χ0v) is 15.2. The van der Waals surface area contributed by atoms with E-state index in [0.717, 1.165) is 23.5 Å². The number of aromatic nitrogens is 2. The van der Waals surface area contributed by atoms with E-state index in [1.54, 1.807) is 6.20 Å². The first-order valence-electron chi connectivity index (χ1n) is 8.47. The Morgan fingerprint density at radius 3 is 2.56 bits per heavy atom. The van der Waals surface area contributed by atoms with Gasteiger partial charge in [-0.2, -0.15) is 0 Å². The maximum atomic E-state index is 12.3. The van der Waals surface area contributed by atoms with Gasteiger partial charge in [-0.05, 0) is 24.0 Å². The van der Waals surface area contributed by atoms with E-state index >= 15 is 0 Å². The Hall–Kier alpha value is -2.63. The van der Waals surface area contributed by atoms with Crippen molar-refractivity contribution < 1.29 is 9.59 Å². The van der Waals surface area contributed by atoms with Gasteiger partial charge < -0.3 is 15.2 Å². The number of hydrogen-bond acceptors (Lipinski definition) is 3. The molecule has 1 heterocycles. The molecule has 2 rings (SSSR count). The van der Waals surface area contributed by atoms with E-state index < -0.39 is 6.04 Å². The summed E-state index contributed by atoms with van der Waals surface area (Å²) in [5.41, 5.74) is 2.17. The Bertz CT molecular complexity index is 737. The van der Waals surface area contributed by atoms with Crippen LogP contribution in [0.2, 0.25) is 0 Å². The van der Waals surface area contributed by atoms with Crippen molar-refractivity contribution in [2.45, 2.75) is 46.8 Å². The molecule has 0 aliphatic heterocycles. The molecule has 25 heavy (non-hydrogen) atoms. The lowest BCUT2D eigenvalue weighted by Gasteiger charge is -2.21. The number of imidazole rings is 1. The second-order valence-electron chi connectivity index (χ2n) is 6.56. The summed E-state index contributed by atoms with van der Waals surface area (Å²) in [5, 5.41) is 5.61. The van der Waals surface area contributed by atoms with Crippen molar-refractivity contribution in [1.82, 2.24) is 20.2 Å². The molecule has 134 valence electrons. The van der Waals surface area contributed by atoms with Gasteiger partial charge in [-0.1, -0.05) is 38.1 Å². The van der Waals surface area contributed by atoms with Crippen molar-refractivity contribution in [3.05, 3.63) is 53.6 Å². The molecule has 0 fully saturated rings. The third-order valence-electron chi connectivity index (χ3n) is 4.04. The SMILES string of the molecule is CC(=O)NC(C(=O)NCc1cccc(Cn2ccnc2C)c1)C(C)C. The molecule has 2 amide bonds. The number of amides is 2. The Morgan fingerprint density at radius 2 is 1.96 bits per heavy atom. The Balaban J connectivity index is 1.98. The van der Waals surface area contributed by atoms with Crippen LogP contribution in [0.5, 0.6) is 0 Å². The lowest BCUT2D eigenvalue weighted by molar-refractivity contribution is -0.129. The van der Waals surface area contributed by atoms with E-state index in [9.17, 15) is 9.59 Å². The van der Waals surface area contributed by atoms with Crippen molar-refractivity contribution in [2.75, 3.05) is 0 Å². The van der Waals surface area contributed by atoms with Gasteiger partial charge in [0.2, 0.25) is 11.8 Å². The molecule has 1 aromatic carbocycles. The topological polar surface area (TPSA) is 76.0 Å². The molecule has 0 spiro atoms. The molecular weight excluding hydrogens is 316 g/mol. The summed E-state index contributed by atoms with van der Waals surface area (Å²) in [6, 6.07) is 7.57. The summed E-state index contributed by atoms with van der Waals surface area (Å²) >= 11 is 0. The number of nitrogens with one attached hydrogen (secondary N) is 2. The fourth-order valence-electron chi connectivity index (χ4n) is 2.66. The van der Waals surface area contributed by atoms with E-state index in [2.05, 4.69) is 32.3 Å². The Kier molecular flexibility index (Phi) is 6.33. The molecule has 2 aromatic rings. The third-order valence-corrected chi connectivity index (χ3v) is 4.04. The van der Waals surface area contributed by atoms with Crippen molar-refractivity contribution >= 4 is 11.8 Å². The quantitative estimate of drug-likeness (QED) is 0.808. The van der Waals surface area contributed by atoms with Gasteiger partial charge in [0.1, 0.15) is 11.9 Å². The van der Waals surface area contributed by atoms with Crippen molar-refractivity contribution in [1.29, 1.82) is 0 Å². The van der Waals surface area contributed by atoms with Gasteiger partial charge in [0, 0.05) is 32.4 Å². The van der Waals surface area contributed by atoms with Gasteiger partial charge >= 0.3 is 0 Å². The first-order valence-corrected chi connectivity index (χ1v) is 8.47. The molecule has 0 saturated carbocycles. The molecule has 0 saturated heterocycles. The summed E-state index contributed by atoms with van der Waals surface area (Å²) in [7, 11) is 0. The summed E-state index contributed by atoms with van der Waals surface area (Å²) in [4.78, 5) is 27.8. The van der Waals surface area contributed by atoms with Gasteiger partial charge in [0.25, 0.3) is 0 Å². The van der Waals surface area contributed by atoms with E-state index in [0.29, 0.717) is 6.54 Å². The molecule has 2 N–H and O–H groups in total. The molecule has 1 unspecified atom stereocenters. The van der Waals surface area contributed by atoms with Crippen LogP contribution in [0.3, 0.4) is 0 Å². The first-order chi connectivity index (χ1) is 11.9. The van der Waals surface area contributed by atoms with Crippen LogP contribution < -0.4 is 10.6 Å². The van der Waals surface area contributed by atoms with Gasteiger partial charge in [-0.25, -0.2) is 4.98 Å². The summed E-state index contributed by atoms with van der Waals surface area (Å²) in [6.45, 7) is 8.39. The predicted molar refractivity (Wildman–Crippen MR) is 96.8 cm³/mol. The lowest BCUT2D eigenvalue weighted by atomic mass is 10.0. The van der Waals surface area contributed by atoms with E-state index in [1.165, 1.54) is 6.92 Å². The second kappa shape index (κ2) is 8.46. The molecule has 1 atom stereocenters. The maximum Gasteiger partial charge on any atom is 0.243 e. The smallest absolute Gasteiger partial charge is 0.243 e. The number of carbonyl (C=O) groups excluding carboxylic acids is 2. The van der Waals surface area contributed by atoms with Crippen LogP contribution in [0.25, 0.3) is 0 Å². The van der Waals surface area contributed by atoms with E-state index in [-0.39, 0.29) is 17.7 Å². The zero-order chi connectivity index (χ0) is 18.4. The van der Waals surface area contributed by atoms with Gasteiger partial charge in [0.05, 0.1) is 0 Å². The standard InChI is InChI=1S/C19H26N4O2/c1-13(2)18(22-15(4)24)19(25)21-11-16-6-5-7-17(10-16)12-23-9-8-20-14(23)3/h5-10,13,18H,11-12H2,1-4H3,(H,21,25)(H,22,24). The van der Waals surface area contributed by atoms with Crippen LogP contribution in [0, 0.1) is 12.8 Å². The Labute approximate surface area is 148 Å². The van der Waals surface area contributed by atoms with Crippen LogP contribution >= 0.6 is 0 Å². The second-order valence-corrected chi connectivity index (χ2v) is 6.56. The number of rotatable bonds is 7. The van der Waals surface area contributed by atoms with Crippen LogP contribution in [0.4, 0.5) is 0 Å². The first kappa shape index (κ1) is 18.7. The normalized spacial score (nSPS) is 12.0. The van der Waals surface area contributed by atoms with Gasteiger partial charge in [-0.3, -0.25) is 9.59 Å². The minimum absolute atomic E-state index is 0.0273. The summed E-state index contributed by atoms with van der Waals surface area (Å²) in [5.74, 6) is 0.626. The minimum atomic E-state index is -0.519. The van der Waals surface area contributed by atoms with Gasteiger partial charge in [-0.15, -0.1) is 0 Å². The highest BCUT2D eigenvalue weighted by atomic mass is 16.2. The molecule has 1 aromatic heterocycles. The van der Waals surface area contributed by atoms with Crippen molar-refractivity contribution in [2.24, 2.45) is 5.92 Å². The number of hydrogen-bond donors (Lipinski definition) is 2. The predicted octanol–water partition coefficient (Wildman–Crippen LogP) is 2.02. The Morgan fingerprint density at radius 1 is 1.24 bits per heavy atom. The third kappa shape index (κ3) is 5.45. The highest BCUT2D eigenvalue weighted by Gasteiger charge is 2.22. The maximum absolute atomic E-state index is 12.3. The average molecular weight is 342 g/mol. The van der Waals surface area contributed by atoms with Gasteiger partial charge in [0.15, 0.2) is 0 Å². The number of nitrogens with zero attached hydrogens (tertiary/aromatic N) is 2. The van der Waals surface area contributed by atoms with Crippen molar-refractivity contribution in [3.8, 4) is 0 Å². The molecule has 0 aliphatic rings. The van der Waals surface area contributed by atoms with E-state index in [4.69, 9.17) is 0 Å². The monoisotopic (exact) mass is 342 g/mol. The summed E-state index contributed by atoms with van der Waals surface area (Å²) in [6.07, 6.45) is 3.73. The highest BCUT2D eigenvalue weighted by Crippen LogP contribution is 2.09. The summed E-state index contributed by atoms with van der Waals surface area (Å²) < 4.78 is 2.07. The molecule has 0 radical (unpaired) electrons. The molecule has 0 aliphatic carbocycles. The fourth-order valence-corrected chi connectivity index (χ4v) is 2.66. The molecule has 6 nitrogen and oxygen atoms in total. The average Bonchev–Trinajstić information content (AvgIpc) is 2.95. The number of benzene rings is 1. The number of carbonyl (C=O) groups is 2. The minimum Gasteiger partial charge on any atom is -0.350 e. The fraction of sp³-hybridized carbons (Fsp3) is 0.421. The van der Waals surface area contributed by atoms with Crippen LogP contribution in [0.1, 0.15) is 37.7 Å². The number of aryl methyl sites for hydroxylation is 1. The van der Waals surface area contributed by atoms with Crippen LogP contribution in [-0.2, 0) is 22.7 Å². The van der Waals surface area contributed by atoms with Crippen molar-refractivity contribution in [3.63, 3.8) is 0 Å². The highest BCUT2D eigenvalue weighted by molar-refractivity contribution is 5.87. The molecule has 0 bridgehead atoms. The largest absolute Gasteiger partial charge is 0.350 e. The van der Waals surface area contributed by atoms with E-state index in [1.807, 2.05) is 39.1 Å². The zero-order valence-electron chi connectivity index (χ0n) is 15.2. The van der Waals surface area contributed by atoms with Crippen LogP contribution in [-0.4, -0.2) is 27.4 Å². The van der Waals surface area contributed by atoms with Crippen LogP contribution in [0.15, 0.2) is 36.7 Å². The lowest BCUT2D eigenvalue weighted by Crippen LogP contribution is -2.48. The molecular formula is C19H26N4O2. The molecule has 6 heteroatoms.